The van der Waals surface area contributed by atoms with Crippen LogP contribution in [-0.2, 0) is 14.3 Å². The van der Waals surface area contributed by atoms with Crippen LogP contribution in [0.4, 0.5) is 11.4 Å². The number of nitrogens with one attached hydrogen (secondary N) is 1. The molecule has 0 atom stereocenters. The lowest BCUT2D eigenvalue weighted by Gasteiger charge is -2.16. The molecular weight excluding hydrogens is 416 g/mol. The van der Waals surface area contributed by atoms with E-state index in [9.17, 15) is 14.4 Å². The van der Waals surface area contributed by atoms with Crippen molar-refractivity contribution in [2.45, 2.75) is 39.5 Å². The Morgan fingerprint density at radius 2 is 1.81 bits per heavy atom. The van der Waals surface area contributed by atoms with Crippen molar-refractivity contribution in [3.8, 4) is 0 Å². The molecule has 0 radical (unpaired) electrons. The van der Waals surface area contributed by atoms with Gasteiger partial charge in [-0.05, 0) is 48.2 Å². The van der Waals surface area contributed by atoms with Crippen LogP contribution in [0.15, 0.2) is 59.3 Å². The van der Waals surface area contributed by atoms with Gasteiger partial charge in [-0.3, -0.25) is 9.59 Å². The van der Waals surface area contributed by atoms with Crippen LogP contribution < -0.4 is 10.2 Å². The third kappa shape index (κ3) is 4.97. The topological polar surface area (TPSA) is 75.7 Å². The molecule has 0 aromatic heterocycles. The molecule has 6 nitrogen and oxygen atoms in total. The number of esters is 1. The Labute approximate surface area is 186 Å². The summed E-state index contributed by atoms with van der Waals surface area (Å²) in [5.41, 5.74) is 2.31. The predicted octanol–water partition coefficient (Wildman–Crippen LogP) is 5.20. The molecule has 2 aromatic rings. The highest BCUT2D eigenvalue weighted by atomic mass is 35.5. The average molecular weight is 441 g/mol. The summed E-state index contributed by atoms with van der Waals surface area (Å²) in [5, 5.41) is 2.69. The van der Waals surface area contributed by atoms with Gasteiger partial charge in [-0.2, -0.15) is 0 Å². The molecule has 1 N–H and O–H groups in total. The number of hydrogen-bond acceptors (Lipinski definition) is 5. The number of rotatable bonds is 8. The normalized spacial score (nSPS) is 13.9. The maximum atomic E-state index is 13.0. The van der Waals surface area contributed by atoms with Crippen LogP contribution in [0.2, 0.25) is 0 Å². The Morgan fingerprint density at radius 3 is 2.45 bits per heavy atom. The largest absolute Gasteiger partial charge is 0.462 e. The summed E-state index contributed by atoms with van der Waals surface area (Å²) in [6, 6.07) is 13.7. The van der Waals surface area contributed by atoms with Gasteiger partial charge in [-0.25, -0.2) is 9.69 Å². The molecule has 0 bridgehead atoms. The van der Waals surface area contributed by atoms with Crippen LogP contribution >= 0.6 is 11.6 Å². The number of ether oxygens (including phenoxy) is 1. The molecule has 31 heavy (non-hydrogen) atoms. The van der Waals surface area contributed by atoms with E-state index in [0.29, 0.717) is 29.5 Å². The molecule has 1 heterocycles. The molecule has 1 aliphatic rings. The summed E-state index contributed by atoms with van der Waals surface area (Å²) in [4.78, 5) is 38.8. The van der Waals surface area contributed by atoms with Crippen molar-refractivity contribution < 1.29 is 19.1 Å². The zero-order chi connectivity index (χ0) is 22.5. The van der Waals surface area contributed by atoms with Crippen LogP contribution in [0.25, 0.3) is 0 Å². The predicted molar refractivity (Wildman–Crippen MR) is 121 cm³/mol. The fourth-order valence-corrected chi connectivity index (χ4v) is 3.33. The third-order valence-corrected chi connectivity index (χ3v) is 5.29. The fourth-order valence-electron chi connectivity index (χ4n) is 3.11. The van der Waals surface area contributed by atoms with Crippen LogP contribution in [0.3, 0.4) is 0 Å². The quantitative estimate of drug-likeness (QED) is 0.346. The van der Waals surface area contributed by atoms with E-state index in [1.165, 1.54) is 0 Å². The zero-order valence-electron chi connectivity index (χ0n) is 17.8. The average Bonchev–Trinajstić information content (AvgIpc) is 2.97. The van der Waals surface area contributed by atoms with Crippen molar-refractivity contribution in [3.63, 3.8) is 0 Å². The Bertz CT molecular complexity index is 1030. The lowest BCUT2D eigenvalue weighted by molar-refractivity contribution is -0.120. The molecule has 2 aromatic carbocycles. The fraction of sp³-hybridized carbons (Fsp3) is 0.292. The van der Waals surface area contributed by atoms with E-state index in [-0.39, 0.29) is 10.7 Å². The maximum absolute atomic E-state index is 13.0. The Balaban J connectivity index is 1.78. The molecule has 0 fully saturated rings. The van der Waals surface area contributed by atoms with Gasteiger partial charge in [0.05, 0.1) is 17.9 Å². The van der Waals surface area contributed by atoms with E-state index in [0.717, 1.165) is 23.3 Å². The highest BCUT2D eigenvalue weighted by Gasteiger charge is 2.39. The van der Waals surface area contributed by atoms with Crippen molar-refractivity contribution in [2.75, 3.05) is 16.8 Å². The van der Waals surface area contributed by atoms with E-state index < -0.39 is 17.8 Å². The molecular formula is C24H25ClN2O4. The molecule has 3 rings (SSSR count). The number of carbonyl (C=O) groups excluding carboxylic acids is 3. The van der Waals surface area contributed by atoms with Crippen molar-refractivity contribution in [1.82, 2.24) is 0 Å². The van der Waals surface area contributed by atoms with Gasteiger partial charge in [0.25, 0.3) is 11.8 Å². The highest BCUT2D eigenvalue weighted by Crippen LogP contribution is 2.31. The van der Waals surface area contributed by atoms with Gasteiger partial charge in [-0.15, -0.1) is 0 Å². The number of anilines is 2. The van der Waals surface area contributed by atoms with Crippen molar-refractivity contribution in [2.24, 2.45) is 0 Å². The molecule has 0 saturated heterocycles. The molecule has 2 amide bonds. The zero-order valence-corrected chi connectivity index (χ0v) is 18.5. The van der Waals surface area contributed by atoms with Gasteiger partial charge in [0.15, 0.2) is 0 Å². The number of hydrogen-bond donors (Lipinski definition) is 1. The minimum absolute atomic E-state index is 0.0314. The van der Waals surface area contributed by atoms with Crippen LogP contribution in [0.5, 0.6) is 0 Å². The molecule has 0 aliphatic carbocycles. The Morgan fingerprint density at radius 1 is 1.10 bits per heavy atom. The maximum Gasteiger partial charge on any atom is 0.338 e. The minimum atomic E-state index is -0.596. The van der Waals surface area contributed by atoms with Gasteiger partial charge in [0.1, 0.15) is 10.7 Å². The van der Waals surface area contributed by atoms with Gasteiger partial charge in [0, 0.05) is 5.69 Å². The molecule has 0 spiro atoms. The first-order valence-corrected chi connectivity index (χ1v) is 10.6. The first kappa shape index (κ1) is 22.6. The Kier molecular flexibility index (Phi) is 7.13. The highest BCUT2D eigenvalue weighted by molar-refractivity contribution is 6.53. The number of amides is 2. The summed E-state index contributed by atoms with van der Waals surface area (Å²) in [7, 11) is 0. The molecule has 1 aliphatic heterocycles. The summed E-state index contributed by atoms with van der Waals surface area (Å²) in [6.07, 6.45) is 1.71. The number of unbranched alkanes of at least 4 members (excludes halogenated alkanes) is 1. The molecule has 0 saturated carbocycles. The number of halogens is 1. The van der Waals surface area contributed by atoms with Crippen molar-refractivity contribution in [1.29, 1.82) is 0 Å². The summed E-state index contributed by atoms with van der Waals surface area (Å²) >= 11 is 6.20. The number of imide groups is 1. The van der Waals surface area contributed by atoms with Gasteiger partial charge >= 0.3 is 5.97 Å². The van der Waals surface area contributed by atoms with E-state index in [2.05, 4.69) is 19.2 Å². The van der Waals surface area contributed by atoms with E-state index in [1.807, 2.05) is 19.1 Å². The summed E-state index contributed by atoms with van der Waals surface area (Å²) in [6.45, 7) is 6.49. The van der Waals surface area contributed by atoms with Gasteiger partial charge in [0.2, 0.25) is 0 Å². The second kappa shape index (κ2) is 9.79. The second-order valence-electron chi connectivity index (χ2n) is 7.58. The van der Waals surface area contributed by atoms with E-state index >= 15 is 0 Å². The minimum Gasteiger partial charge on any atom is -0.462 e. The van der Waals surface area contributed by atoms with Crippen LogP contribution in [0, 0.1) is 0 Å². The standard InChI is InChI=1S/C24H25ClN2O4/c1-4-5-13-31-24(30)17-7-6-8-18(14-17)26-21-20(25)22(28)27(23(21)29)19-11-9-16(10-12-19)15(2)3/h6-12,14-15,26H,4-5,13H2,1-3H3. The number of carbonyl (C=O) groups is 3. The first-order chi connectivity index (χ1) is 14.8. The second-order valence-corrected chi connectivity index (χ2v) is 7.95. The lowest BCUT2D eigenvalue weighted by Crippen LogP contribution is -2.32. The van der Waals surface area contributed by atoms with E-state index in [1.54, 1.807) is 36.4 Å². The van der Waals surface area contributed by atoms with Crippen molar-refractivity contribution >= 4 is 40.8 Å². The van der Waals surface area contributed by atoms with Crippen molar-refractivity contribution in [3.05, 3.63) is 70.4 Å². The smallest absolute Gasteiger partial charge is 0.338 e. The van der Waals surface area contributed by atoms with Crippen LogP contribution in [-0.4, -0.2) is 24.4 Å². The number of nitrogens with zero attached hydrogens (tertiary/aromatic N) is 1. The Hall–Kier alpha value is -3.12. The van der Waals surface area contributed by atoms with Gasteiger partial charge in [-0.1, -0.05) is 57.0 Å². The summed E-state index contributed by atoms with van der Waals surface area (Å²) in [5.74, 6) is -1.26. The first-order valence-electron chi connectivity index (χ1n) is 10.3. The molecule has 162 valence electrons. The number of benzene rings is 2. The third-order valence-electron chi connectivity index (χ3n) is 4.94. The lowest BCUT2D eigenvalue weighted by atomic mass is 10.0. The molecule has 0 unspecified atom stereocenters. The van der Waals surface area contributed by atoms with Crippen LogP contribution in [0.1, 0.15) is 55.5 Å². The summed E-state index contributed by atoms with van der Waals surface area (Å²) < 4.78 is 5.22. The SMILES string of the molecule is CCCCOC(=O)c1cccc(NC2=C(Cl)C(=O)N(c3ccc(C(C)C)cc3)C2=O)c1. The van der Waals surface area contributed by atoms with E-state index in [4.69, 9.17) is 16.3 Å². The molecule has 7 heteroatoms. The van der Waals surface area contributed by atoms with Gasteiger partial charge < -0.3 is 10.1 Å². The monoisotopic (exact) mass is 440 g/mol.